The number of carbonyl (C=O) groups excluding carboxylic acids is 2. The fraction of sp³-hybridized carbons (Fsp3) is 0.818. The van der Waals surface area contributed by atoms with Crippen LogP contribution < -0.4 is 0 Å². The van der Waals surface area contributed by atoms with Crippen molar-refractivity contribution in [2.75, 3.05) is 0 Å². The minimum absolute atomic E-state index is 0.129. The molecule has 15 heavy (non-hydrogen) atoms. The molecule has 0 aromatic heterocycles. The van der Waals surface area contributed by atoms with Crippen LogP contribution in [0.2, 0.25) is 0 Å². The molecule has 88 valence electrons. The van der Waals surface area contributed by atoms with Gasteiger partial charge in [0.25, 0.3) is 6.47 Å². The number of hydrogen-bond acceptors (Lipinski definition) is 4. The first kappa shape index (κ1) is 13.9. The maximum absolute atomic E-state index is 11.4. The molecule has 0 N–H and O–H groups in total. The van der Waals surface area contributed by atoms with Crippen LogP contribution in [0.5, 0.6) is 0 Å². The summed E-state index contributed by atoms with van der Waals surface area (Å²) in [7, 11) is 0. The SMILES string of the molecule is CCCC(CC(=O)OC(C)(C)C)OC=O. The van der Waals surface area contributed by atoms with Gasteiger partial charge < -0.3 is 9.47 Å². The summed E-state index contributed by atoms with van der Waals surface area (Å²) >= 11 is 0. The van der Waals surface area contributed by atoms with Crippen LogP contribution in [0.25, 0.3) is 0 Å². The van der Waals surface area contributed by atoms with E-state index in [2.05, 4.69) is 0 Å². The van der Waals surface area contributed by atoms with Crippen LogP contribution in [-0.4, -0.2) is 24.1 Å². The Kier molecular flexibility index (Phi) is 5.97. The molecule has 1 unspecified atom stereocenters. The third-order valence-electron chi connectivity index (χ3n) is 1.67. The molecule has 0 radical (unpaired) electrons. The quantitative estimate of drug-likeness (QED) is 0.503. The molecule has 0 saturated carbocycles. The van der Waals surface area contributed by atoms with Gasteiger partial charge in [0.15, 0.2) is 0 Å². The fourth-order valence-electron chi connectivity index (χ4n) is 1.19. The highest BCUT2D eigenvalue weighted by Gasteiger charge is 2.20. The lowest BCUT2D eigenvalue weighted by atomic mass is 10.1. The van der Waals surface area contributed by atoms with Crippen LogP contribution in [0.1, 0.15) is 47.0 Å². The van der Waals surface area contributed by atoms with Gasteiger partial charge in [-0.25, -0.2) is 0 Å². The Balaban J connectivity index is 4.04. The molecule has 0 aliphatic rings. The lowest BCUT2D eigenvalue weighted by Gasteiger charge is -2.21. The standard InChI is InChI=1S/C11H20O4/c1-5-6-9(14-8-12)7-10(13)15-11(2,3)4/h8-9H,5-7H2,1-4H3. The maximum Gasteiger partial charge on any atom is 0.310 e. The lowest BCUT2D eigenvalue weighted by molar-refractivity contribution is -0.158. The minimum Gasteiger partial charge on any atom is -0.464 e. The van der Waals surface area contributed by atoms with Gasteiger partial charge in [-0.1, -0.05) is 13.3 Å². The monoisotopic (exact) mass is 216 g/mol. The summed E-state index contributed by atoms with van der Waals surface area (Å²) in [5.41, 5.74) is -0.491. The van der Waals surface area contributed by atoms with E-state index in [0.29, 0.717) is 12.9 Å². The van der Waals surface area contributed by atoms with Crippen molar-refractivity contribution in [3.05, 3.63) is 0 Å². The first-order valence-electron chi connectivity index (χ1n) is 5.20. The number of ether oxygens (including phenoxy) is 2. The zero-order valence-corrected chi connectivity index (χ0v) is 9.91. The Labute approximate surface area is 90.9 Å². The summed E-state index contributed by atoms with van der Waals surface area (Å²) in [5.74, 6) is -0.331. The van der Waals surface area contributed by atoms with Crippen molar-refractivity contribution >= 4 is 12.4 Å². The third-order valence-corrected chi connectivity index (χ3v) is 1.67. The Morgan fingerprint density at radius 3 is 2.40 bits per heavy atom. The summed E-state index contributed by atoms with van der Waals surface area (Å²) in [6, 6.07) is 0. The van der Waals surface area contributed by atoms with Crippen molar-refractivity contribution in [3.63, 3.8) is 0 Å². The molecule has 0 aromatic rings. The second kappa shape index (κ2) is 6.43. The second-order valence-electron chi connectivity index (χ2n) is 4.43. The molecule has 4 nitrogen and oxygen atoms in total. The molecule has 0 heterocycles. The molecule has 4 heteroatoms. The molecule has 0 amide bonds. The van der Waals surface area contributed by atoms with Crippen molar-refractivity contribution in [1.29, 1.82) is 0 Å². The molecular formula is C11H20O4. The van der Waals surface area contributed by atoms with Gasteiger partial charge in [0.1, 0.15) is 11.7 Å². The Bertz CT molecular complexity index is 205. The van der Waals surface area contributed by atoms with Crippen LogP contribution in [0.15, 0.2) is 0 Å². The first-order valence-corrected chi connectivity index (χ1v) is 5.20. The summed E-state index contributed by atoms with van der Waals surface area (Å²) < 4.78 is 9.91. The number of hydrogen-bond donors (Lipinski definition) is 0. The predicted molar refractivity (Wildman–Crippen MR) is 56.3 cm³/mol. The summed E-state index contributed by atoms with van der Waals surface area (Å²) in [5, 5.41) is 0. The normalized spacial score (nSPS) is 13.1. The van der Waals surface area contributed by atoms with E-state index in [4.69, 9.17) is 9.47 Å². The van der Waals surface area contributed by atoms with Gasteiger partial charge in [0.2, 0.25) is 0 Å². The fourth-order valence-corrected chi connectivity index (χ4v) is 1.19. The van der Waals surface area contributed by atoms with Gasteiger partial charge >= 0.3 is 5.97 Å². The minimum atomic E-state index is -0.491. The Morgan fingerprint density at radius 2 is 2.00 bits per heavy atom. The van der Waals surface area contributed by atoms with Crippen LogP contribution in [0.3, 0.4) is 0 Å². The summed E-state index contributed by atoms with van der Waals surface area (Å²) in [4.78, 5) is 21.6. The largest absolute Gasteiger partial charge is 0.464 e. The Hall–Kier alpha value is -1.06. The van der Waals surface area contributed by atoms with Gasteiger partial charge in [0, 0.05) is 0 Å². The molecule has 0 saturated heterocycles. The first-order chi connectivity index (χ1) is 6.89. The summed E-state index contributed by atoms with van der Waals surface area (Å²) in [6.07, 6.45) is 1.31. The van der Waals surface area contributed by atoms with Crippen LogP contribution in [0.4, 0.5) is 0 Å². The van der Waals surface area contributed by atoms with Crippen molar-refractivity contribution in [2.24, 2.45) is 0 Å². The van der Waals surface area contributed by atoms with E-state index < -0.39 is 5.60 Å². The predicted octanol–water partition coefficient (Wildman–Crippen LogP) is 2.06. The third kappa shape index (κ3) is 7.97. The van der Waals surface area contributed by atoms with Gasteiger partial charge in [-0.3, -0.25) is 9.59 Å². The molecule has 1 atom stereocenters. The molecule has 0 fully saturated rings. The molecule has 0 rings (SSSR count). The molecule has 0 spiro atoms. The molecular weight excluding hydrogens is 196 g/mol. The van der Waals surface area contributed by atoms with Crippen molar-refractivity contribution in [1.82, 2.24) is 0 Å². The smallest absolute Gasteiger partial charge is 0.310 e. The van der Waals surface area contributed by atoms with Crippen molar-refractivity contribution in [2.45, 2.75) is 58.7 Å². The average Bonchev–Trinajstić information content (AvgIpc) is 2.00. The van der Waals surface area contributed by atoms with E-state index in [1.165, 1.54) is 0 Å². The van der Waals surface area contributed by atoms with Crippen LogP contribution in [0, 0.1) is 0 Å². The van der Waals surface area contributed by atoms with Crippen LogP contribution in [-0.2, 0) is 19.1 Å². The second-order valence-corrected chi connectivity index (χ2v) is 4.43. The van der Waals surface area contributed by atoms with Crippen LogP contribution >= 0.6 is 0 Å². The van der Waals surface area contributed by atoms with Crippen molar-refractivity contribution in [3.8, 4) is 0 Å². The molecule has 0 aliphatic carbocycles. The van der Waals surface area contributed by atoms with E-state index in [1.807, 2.05) is 6.92 Å². The number of carbonyl (C=O) groups is 2. The number of esters is 1. The van der Waals surface area contributed by atoms with Gasteiger partial charge in [-0.05, 0) is 27.2 Å². The highest BCUT2D eigenvalue weighted by atomic mass is 16.6. The van der Waals surface area contributed by atoms with E-state index >= 15 is 0 Å². The van der Waals surface area contributed by atoms with Crippen molar-refractivity contribution < 1.29 is 19.1 Å². The zero-order chi connectivity index (χ0) is 11.9. The highest BCUT2D eigenvalue weighted by molar-refractivity contribution is 5.70. The molecule has 0 bridgehead atoms. The van der Waals surface area contributed by atoms with E-state index in [1.54, 1.807) is 20.8 Å². The van der Waals surface area contributed by atoms with Gasteiger partial charge in [-0.2, -0.15) is 0 Å². The topological polar surface area (TPSA) is 52.6 Å². The maximum atomic E-state index is 11.4. The van der Waals surface area contributed by atoms with Gasteiger partial charge in [-0.15, -0.1) is 0 Å². The number of rotatable bonds is 6. The van der Waals surface area contributed by atoms with E-state index in [0.717, 1.165) is 6.42 Å². The zero-order valence-electron chi connectivity index (χ0n) is 9.91. The lowest BCUT2D eigenvalue weighted by Crippen LogP contribution is -2.27. The summed E-state index contributed by atoms with van der Waals surface area (Å²) in [6.45, 7) is 7.77. The molecule has 0 aromatic carbocycles. The van der Waals surface area contributed by atoms with E-state index in [-0.39, 0.29) is 18.5 Å². The van der Waals surface area contributed by atoms with E-state index in [9.17, 15) is 9.59 Å². The highest BCUT2D eigenvalue weighted by Crippen LogP contribution is 2.12. The van der Waals surface area contributed by atoms with Gasteiger partial charge in [0.05, 0.1) is 6.42 Å². The average molecular weight is 216 g/mol. The Morgan fingerprint density at radius 1 is 1.40 bits per heavy atom. The molecule has 0 aliphatic heterocycles.